The Morgan fingerprint density at radius 1 is 1.16 bits per heavy atom. The standard InChI is InChI=1S/C17H26N6O8/c1-8(24)14(23-15(28)10(18)4-9-5-19-7-21-9)16(29)20-6-12(25)22-11(17(30)31)2-3-13(26)27/h5,7-8,10-11,14,24H,2-4,6,18H2,1H3,(H,19,21)(H,20,29)(H,22,25)(H,23,28)(H,26,27)(H,30,31). The number of H-pyrrole nitrogens is 1. The Morgan fingerprint density at radius 3 is 2.35 bits per heavy atom. The van der Waals surface area contributed by atoms with Crippen LogP contribution in [0.5, 0.6) is 0 Å². The Balaban J connectivity index is 2.58. The largest absolute Gasteiger partial charge is 0.481 e. The molecular formula is C17H26N6O8. The lowest BCUT2D eigenvalue weighted by Crippen LogP contribution is -2.57. The molecule has 0 aliphatic heterocycles. The molecule has 14 nitrogen and oxygen atoms in total. The maximum atomic E-state index is 12.3. The highest BCUT2D eigenvalue weighted by atomic mass is 16.4. The summed E-state index contributed by atoms with van der Waals surface area (Å²) in [4.78, 5) is 64.6. The van der Waals surface area contributed by atoms with Gasteiger partial charge in [0, 0.05) is 24.7 Å². The van der Waals surface area contributed by atoms with E-state index in [4.69, 9.17) is 15.9 Å². The normalized spacial score (nSPS) is 14.5. The highest BCUT2D eigenvalue weighted by Crippen LogP contribution is 2.00. The number of nitrogens with zero attached hydrogens (tertiary/aromatic N) is 1. The molecule has 1 rings (SSSR count). The van der Waals surface area contributed by atoms with Crippen molar-refractivity contribution < 1.29 is 39.3 Å². The van der Waals surface area contributed by atoms with Gasteiger partial charge in [-0.25, -0.2) is 9.78 Å². The van der Waals surface area contributed by atoms with Gasteiger partial charge in [0.05, 0.1) is 25.0 Å². The molecule has 0 aromatic carbocycles. The van der Waals surface area contributed by atoms with Crippen molar-refractivity contribution in [3.05, 3.63) is 18.2 Å². The Hall–Kier alpha value is -3.52. The van der Waals surface area contributed by atoms with Crippen molar-refractivity contribution in [2.75, 3.05) is 6.54 Å². The lowest BCUT2D eigenvalue weighted by Gasteiger charge is -2.22. The molecule has 4 atom stereocenters. The first-order valence-corrected chi connectivity index (χ1v) is 9.24. The van der Waals surface area contributed by atoms with Gasteiger partial charge in [-0.3, -0.25) is 19.2 Å². The van der Waals surface area contributed by atoms with Crippen molar-refractivity contribution in [3.63, 3.8) is 0 Å². The molecule has 0 saturated carbocycles. The van der Waals surface area contributed by atoms with E-state index >= 15 is 0 Å². The molecule has 9 N–H and O–H groups in total. The van der Waals surface area contributed by atoms with E-state index in [1.807, 2.05) is 0 Å². The summed E-state index contributed by atoms with van der Waals surface area (Å²) >= 11 is 0. The van der Waals surface area contributed by atoms with E-state index in [9.17, 15) is 29.1 Å². The number of amides is 3. The third-order valence-electron chi connectivity index (χ3n) is 4.10. The van der Waals surface area contributed by atoms with Crippen LogP contribution in [0.2, 0.25) is 0 Å². The van der Waals surface area contributed by atoms with Crippen LogP contribution < -0.4 is 21.7 Å². The minimum absolute atomic E-state index is 0.106. The van der Waals surface area contributed by atoms with Crippen molar-refractivity contribution >= 4 is 29.7 Å². The molecular weight excluding hydrogens is 416 g/mol. The van der Waals surface area contributed by atoms with Crippen molar-refractivity contribution in [3.8, 4) is 0 Å². The van der Waals surface area contributed by atoms with Gasteiger partial charge in [0.25, 0.3) is 0 Å². The van der Waals surface area contributed by atoms with Crippen LogP contribution in [0.25, 0.3) is 0 Å². The number of nitrogens with two attached hydrogens (primary N) is 1. The lowest BCUT2D eigenvalue weighted by atomic mass is 10.1. The topological polar surface area (TPSA) is 237 Å². The molecule has 0 spiro atoms. The number of carbonyl (C=O) groups excluding carboxylic acids is 3. The second-order valence-electron chi connectivity index (χ2n) is 6.72. The van der Waals surface area contributed by atoms with Crippen LogP contribution in [0.4, 0.5) is 0 Å². The Morgan fingerprint density at radius 2 is 1.84 bits per heavy atom. The lowest BCUT2D eigenvalue weighted by molar-refractivity contribution is -0.143. The summed E-state index contributed by atoms with van der Waals surface area (Å²) in [6.07, 6.45) is 0.853. The van der Waals surface area contributed by atoms with Crippen LogP contribution in [0.15, 0.2) is 12.5 Å². The number of hydrogen-bond donors (Lipinski definition) is 8. The molecule has 14 heteroatoms. The number of carbonyl (C=O) groups is 5. The van der Waals surface area contributed by atoms with E-state index in [0.29, 0.717) is 5.69 Å². The molecule has 0 aliphatic rings. The van der Waals surface area contributed by atoms with Gasteiger partial charge >= 0.3 is 11.9 Å². The molecule has 0 fully saturated rings. The first kappa shape index (κ1) is 25.5. The first-order chi connectivity index (χ1) is 14.5. The van der Waals surface area contributed by atoms with Crippen LogP contribution in [-0.4, -0.2) is 85.7 Å². The molecule has 3 amide bonds. The second-order valence-corrected chi connectivity index (χ2v) is 6.72. The average molecular weight is 442 g/mol. The maximum absolute atomic E-state index is 12.3. The monoisotopic (exact) mass is 442 g/mol. The molecule has 1 heterocycles. The van der Waals surface area contributed by atoms with Gasteiger partial charge in [-0.1, -0.05) is 0 Å². The number of nitrogens with one attached hydrogen (secondary N) is 4. The van der Waals surface area contributed by atoms with Gasteiger partial charge in [0.1, 0.15) is 12.1 Å². The zero-order valence-electron chi connectivity index (χ0n) is 16.7. The number of rotatable bonds is 13. The zero-order chi connectivity index (χ0) is 23.6. The van der Waals surface area contributed by atoms with Crippen molar-refractivity contribution in [2.24, 2.45) is 5.73 Å². The Labute approximate surface area is 176 Å². The zero-order valence-corrected chi connectivity index (χ0v) is 16.7. The number of carboxylic acids is 2. The second kappa shape index (κ2) is 12.2. The Kier molecular flexibility index (Phi) is 10.1. The molecule has 31 heavy (non-hydrogen) atoms. The van der Waals surface area contributed by atoms with Crippen molar-refractivity contribution in [1.29, 1.82) is 0 Å². The van der Waals surface area contributed by atoms with E-state index < -0.39 is 66.9 Å². The number of aliphatic hydroxyl groups is 1. The van der Waals surface area contributed by atoms with Gasteiger partial charge in [0.15, 0.2) is 0 Å². The predicted molar refractivity (Wildman–Crippen MR) is 103 cm³/mol. The summed E-state index contributed by atoms with van der Waals surface area (Å²) in [5.74, 6) is -5.17. The number of aromatic nitrogens is 2. The molecule has 0 aliphatic carbocycles. The summed E-state index contributed by atoms with van der Waals surface area (Å²) in [5.41, 5.74) is 6.37. The van der Waals surface area contributed by atoms with Crippen molar-refractivity contribution in [1.82, 2.24) is 25.9 Å². The van der Waals surface area contributed by atoms with Crippen LogP contribution in [0.1, 0.15) is 25.5 Å². The third kappa shape index (κ3) is 9.22. The van der Waals surface area contributed by atoms with E-state index in [0.717, 1.165) is 0 Å². The Bertz CT molecular complexity index is 782. The van der Waals surface area contributed by atoms with E-state index in [1.54, 1.807) is 0 Å². The predicted octanol–water partition coefficient (Wildman–Crippen LogP) is -3.30. The van der Waals surface area contributed by atoms with Gasteiger partial charge in [0.2, 0.25) is 17.7 Å². The number of aliphatic hydroxyl groups excluding tert-OH is 1. The molecule has 0 bridgehead atoms. The number of carboxylic acid groups (broad SMARTS) is 2. The van der Waals surface area contributed by atoms with Crippen LogP contribution in [-0.2, 0) is 30.4 Å². The van der Waals surface area contributed by atoms with Gasteiger partial charge in [-0.15, -0.1) is 0 Å². The molecule has 1 aromatic rings. The molecule has 172 valence electrons. The minimum atomic E-state index is -1.45. The summed E-state index contributed by atoms with van der Waals surface area (Å²) in [6.45, 7) is 0.590. The first-order valence-electron chi connectivity index (χ1n) is 9.24. The fourth-order valence-electron chi connectivity index (χ4n) is 2.44. The van der Waals surface area contributed by atoms with Crippen LogP contribution in [0, 0.1) is 0 Å². The number of hydrogen-bond acceptors (Lipinski definition) is 8. The summed E-state index contributed by atoms with van der Waals surface area (Å²) in [6, 6.07) is -3.91. The number of imidazole rings is 1. The third-order valence-corrected chi connectivity index (χ3v) is 4.10. The summed E-state index contributed by atoms with van der Waals surface area (Å²) in [7, 11) is 0. The summed E-state index contributed by atoms with van der Waals surface area (Å²) in [5, 5.41) is 34.0. The molecule has 0 radical (unpaired) electrons. The SMILES string of the molecule is CC(O)C(NC(=O)C(N)Cc1cnc[nH]1)C(=O)NCC(=O)NC(CCC(=O)O)C(=O)O. The molecule has 1 aromatic heterocycles. The van der Waals surface area contributed by atoms with Gasteiger partial charge in [-0.05, 0) is 13.3 Å². The van der Waals surface area contributed by atoms with E-state index in [1.165, 1.54) is 19.4 Å². The summed E-state index contributed by atoms with van der Waals surface area (Å²) < 4.78 is 0. The average Bonchev–Trinajstić information content (AvgIpc) is 3.19. The fourth-order valence-corrected chi connectivity index (χ4v) is 2.44. The molecule has 4 unspecified atom stereocenters. The van der Waals surface area contributed by atoms with Gasteiger partial charge < -0.3 is 42.0 Å². The highest BCUT2D eigenvalue weighted by Gasteiger charge is 2.28. The van der Waals surface area contributed by atoms with Crippen LogP contribution >= 0.6 is 0 Å². The van der Waals surface area contributed by atoms with Crippen LogP contribution in [0.3, 0.4) is 0 Å². The quantitative estimate of drug-likeness (QED) is 0.151. The number of aromatic amines is 1. The van der Waals surface area contributed by atoms with E-state index in [-0.39, 0.29) is 12.8 Å². The minimum Gasteiger partial charge on any atom is -0.481 e. The molecule has 0 saturated heterocycles. The maximum Gasteiger partial charge on any atom is 0.326 e. The fraction of sp³-hybridized carbons (Fsp3) is 0.529. The smallest absolute Gasteiger partial charge is 0.326 e. The number of aliphatic carboxylic acids is 2. The van der Waals surface area contributed by atoms with E-state index in [2.05, 4.69) is 25.9 Å². The van der Waals surface area contributed by atoms with Crippen molar-refractivity contribution in [2.45, 2.75) is 50.4 Å². The van der Waals surface area contributed by atoms with Gasteiger partial charge in [-0.2, -0.15) is 0 Å². The highest BCUT2D eigenvalue weighted by molar-refractivity contribution is 5.93.